The Morgan fingerprint density at radius 1 is 0.370 bits per heavy atom. The van der Waals surface area contributed by atoms with Crippen LogP contribution in [-0.2, 0) is 44.7 Å². The Labute approximate surface area is 452 Å². The zero-order valence-electron chi connectivity index (χ0n) is 39.0. The van der Waals surface area contributed by atoms with E-state index in [-0.39, 0.29) is 20.2 Å². The van der Waals surface area contributed by atoms with Crippen LogP contribution in [0.5, 0.6) is 0 Å². The van der Waals surface area contributed by atoms with Crippen LogP contribution in [-0.4, -0.2) is 49.0 Å². The second kappa shape index (κ2) is 22.4. The highest BCUT2D eigenvalue weighted by Gasteiger charge is 2.30. The van der Waals surface area contributed by atoms with E-state index in [2.05, 4.69) is 0 Å². The molecule has 0 atom stereocenters. The van der Waals surface area contributed by atoms with Crippen molar-refractivity contribution >= 4 is 110 Å². The second-order valence-corrected chi connectivity index (χ2v) is 30.3. The highest BCUT2D eigenvalue weighted by molar-refractivity contribution is 8.01. The van der Waals surface area contributed by atoms with Gasteiger partial charge in [-0.3, -0.25) is 0 Å². The van der Waals surface area contributed by atoms with Gasteiger partial charge in [-0.15, -0.1) is 23.5 Å². The van der Waals surface area contributed by atoms with Gasteiger partial charge in [0.1, 0.15) is 20.2 Å². The summed E-state index contributed by atoms with van der Waals surface area (Å²) in [5, 5.41) is 0. The van der Waals surface area contributed by atoms with E-state index in [9.17, 15) is 42.8 Å². The van der Waals surface area contributed by atoms with Crippen molar-refractivity contribution < 1.29 is 42.8 Å². The van der Waals surface area contributed by atoms with Crippen molar-refractivity contribution in [2.75, 3.05) is 6.26 Å². The zero-order chi connectivity index (χ0) is 52.3. The second-order valence-electron chi connectivity index (χ2n) is 16.6. The number of thioether (sulfide) groups is 2. The zero-order valence-corrected chi connectivity index (χ0v) is 47.2. The molecule has 10 nitrogen and oxygen atoms in total. The van der Waals surface area contributed by atoms with Gasteiger partial charge in [0.15, 0.2) is 0 Å². The van der Waals surface area contributed by atoms with Crippen LogP contribution in [0.3, 0.4) is 0 Å². The molecule has 0 radical (unpaired) electrons. The summed E-state index contributed by atoms with van der Waals surface area (Å²) in [5.74, 6) is 0. The molecule has 0 bridgehead atoms. The van der Waals surface area contributed by atoms with Gasteiger partial charge in [0.05, 0.1) is 29.4 Å². The topological polar surface area (TPSA) is 183 Å². The maximum atomic E-state index is 14.0. The first kappa shape index (κ1) is 54.8. The predicted molar refractivity (Wildman–Crippen MR) is 290 cm³/mol. The summed E-state index contributed by atoms with van der Waals surface area (Å²) >= 11 is 8.44. The van der Waals surface area contributed by atoms with E-state index in [0.717, 1.165) is 80.8 Å². The number of hydrogen-bond donors (Lipinski definition) is 0. The summed E-state index contributed by atoms with van der Waals surface area (Å²) in [5.41, 5.74) is 1.03. The number of aryl methyl sites for hydroxylation is 1. The molecule has 376 valence electrons. The predicted octanol–water partition coefficient (Wildman–Crippen LogP) is 13.8. The van der Waals surface area contributed by atoms with E-state index in [1.807, 2.05) is 98.1 Å². The molecule has 20 heteroatoms. The highest BCUT2D eigenvalue weighted by Crippen LogP contribution is 2.45. The fourth-order valence-corrected chi connectivity index (χ4v) is 16.7. The molecule has 8 rings (SSSR count). The van der Waals surface area contributed by atoms with E-state index in [4.69, 9.17) is 0 Å². The third kappa shape index (κ3) is 13.5. The quantitative estimate of drug-likeness (QED) is 0.0583. The summed E-state index contributed by atoms with van der Waals surface area (Å²) in [6, 6.07) is 50.6. The molecule has 0 saturated carbocycles. The van der Waals surface area contributed by atoms with Gasteiger partial charge in [-0.25, -0.2) is 33.7 Å². The van der Waals surface area contributed by atoms with Crippen LogP contribution in [0.4, 0.5) is 0 Å². The highest BCUT2D eigenvalue weighted by atomic mass is 32.2. The molecule has 0 saturated heterocycles. The van der Waals surface area contributed by atoms with E-state index < -0.39 is 64.2 Å². The van der Waals surface area contributed by atoms with Crippen molar-refractivity contribution in [3.05, 3.63) is 193 Å². The van der Waals surface area contributed by atoms with Gasteiger partial charge < -0.3 is 9.11 Å². The SMILES string of the molecule is CSc1ccc(Sc2ccc(Sc3ccc(S(=O)(=O)c4ccc(C(C)(C)Sc5ccc(Sc6ccc(Sc7ccc(S(=O)(=O)c8ccc(C)cc8)cc7)cc6)cc5)c(S(=O)(=O)[O-])c4)cc3S(=O)(=O)[O-])cc2)cc1. The first-order valence-corrected chi connectivity index (χ1v) is 32.8. The van der Waals surface area contributed by atoms with Gasteiger partial charge in [-0.2, -0.15) is 0 Å². The van der Waals surface area contributed by atoms with Gasteiger partial charge in [-0.1, -0.05) is 70.8 Å². The number of hydrogen-bond acceptors (Lipinski definition) is 16. The molecule has 0 spiro atoms. The third-order valence-corrected chi connectivity index (χ3v) is 22.5. The van der Waals surface area contributed by atoms with Crippen LogP contribution < -0.4 is 0 Å². The Balaban J connectivity index is 0.929. The van der Waals surface area contributed by atoms with Crippen LogP contribution in [0, 0.1) is 6.92 Å². The van der Waals surface area contributed by atoms with Crippen molar-refractivity contribution in [2.24, 2.45) is 0 Å². The normalized spacial score (nSPS) is 12.5. The Hall–Kier alpha value is -4.42. The molecule has 0 aliphatic heterocycles. The fourth-order valence-electron chi connectivity index (χ4n) is 7.24. The van der Waals surface area contributed by atoms with Crippen LogP contribution in [0.2, 0.25) is 0 Å². The molecule has 0 N–H and O–H groups in total. The van der Waals surface area contributed by atoms with Gasteiger partial charge in [-0.05, 0) is 196 Å². The third-order valence-electron chi connectivity index (χ3n) is 11.0. The van der Waals surface area contributed by atoms with Crippen molar-refractivity contribution in [1.29, 1.82) is 0 Å². The first-order valence-electron chi connectivity index (χ1n) is 21.7. The van der Waals surface area contributed by atoms with E-state index in [0.29, 0.717) is 4.90 Å². The molecule has 0 heterocycles. The van der Waals surface area contributed by atoms with E-state index >= 15 is 0 Å². The Morgan fingerprint density at radius 3 is 1.10 bits per heavy atom. The molecule has 0 aliphatic carbocycles. The summed E-state index contributed by atoms with van der Waals surface area (Å²) in [4.78, 5) is 5.92. The fraction of sp³-hybridized carbons (Fsp3) is 0.0943. The molecular formula is C53H42O10S10-2. The molecule has 8 aromatic rings. The molecule has 8 aromatic carbocycles. The van der Waals surface area contributed by atoms with Crippen molar-refractivity contribution in [1.82, 2.24) is 0 Å². The summed E-state index contributed by atoms with van der Waals surface area (Å²) in [6.07, 6.45) is 2.00. The lowest BCUT2D eigenvalue weighted by molar-refractivity contribution is 0.458. The van der Waals surface area contributed by atoms with E-state index in [1.54, 1.807) is 86.3 Å². The molecular weight excluding hydrogens is 1120 g/mol. The van der Waals surface area contributed by atoms with Crippen LogP contribution in [0.1, 0.15) is 25.0 Å². The minimum Gasteiger partial charge on any atom is -0.744 e. The smallest absolute Gasteiger partial charge is 0.206 e. The van der Waals surface area contributed by atoms with Crippen molar-refractivity contribution in [2.45, 2.75) is 104 Å². The number of benzene rings is 8. The lowest BCUT2D eigenvalue weighted by Crippen LogP contribution is -2.18. The van der Waals surface area contributed by atoms with Gasteiger partial charge in [0, 0.05) is 53.7 Å². The summed E-state index contributed by atoms with van der Waals surface area (Å²) < 4.78 is 129. The van der Waals surface area contributed by atoms with Gasteiger partial charge in [0.25, 0.3) is 0 Å². The van der Waals surface area contributed by atoms with Crippen molar-refractivity contribution in [3.63, 3.8) is 0 Å². The molecule has 0 aromatic heterocycles. The van der Waals surface area contributed by atoms with Gasteiger partial charge >= 0.3 is 0 Å². The maximum absolute atomic E-state index is 14.0. The minimum atomic E-state index is -5.26. The van der Waals surface area contributed by atoms with Crippen molar-refractivity contribution in [3.8, 4) is 0 Å². The average molecular weight is 1160 g/mol. The van der Waals surface area contributed by atoms with Crippen LogP contribution in [0.15, 0.2) is 260 Å². The molecule has 0 unspecified atom stereocenters. The van der Waals surface area contributed by atoms with Gasteiger partial charge in [0.2, 0.25) is 19.7 Å². The molecule has 0 fully saturated rings. The standard InChI is InChI=1S/C53H44O10S10/c1-35-5-25-45(26-6-35)70(54,55)46-27-23-42(24-28-46)67-39-13-11-38(12-14-39)66-41-19-21-44(22-20-41)69-53(2,3)49-31-29-47(33-51(49)72(58,59)60)71(56,57)48-30-32-50(52(34-48)73(61,62)63)68-43-17-15-40(16-18-43)65-37-9-7-36(64-4)8-10-37/h5-34H,1-4H3,(H,58,59,60)(H,61,62,63)/p-2. The van der Waals surface area contributed by atoms with E-state index in [1.165, 1.54) is 59.2 Å². The first-order chi connectivity index (χ1) is 34.5. The molecule has 0 amide bonds. The summed E-state index contributed by atoms with van der Waals surface area (Å²) in [7, 11) is -18.8. The maximum Gasteiger partial charge on any atom is 0.206 e. The Kier molecular flexibility index (Phi) is 16.8. The average Bonchev–Trinajstić information content (AvgIpc) is 3.35. The minimum absolute atomic E-state index is 0.00762. The Morgan fingerprint density at radius 2 is 0.685 bits per heavy atom. The largest absolute Gasteiger partial charge is 0.744 e. The lowest BCUT2D eigenvalue weighted by atomic mass is 10.0. The Bertz CT molecular complexity index is 3760. The number of sulfone groups is 2. The molecule has 73 heavy (non-hydrogen) atoms. The lowest BCUT2D eigenvalue weighted by Gasteiger charge is -2.28. The van der Waals surface area contributed by atoms with Crippen LogP contribution >= 0.6 is 70.6 Å². The number of rotatable bonds is 18. The monoisotopic (exact) mass is 1160 g/mol. The van der Waals surface area contributed by atoms with Crippen LogP contribution in [0.25, 0.3) is 0 Å². The molecule has 0 aliphatic rings. The summed E-state index contributed by atoms with van der Waals surface area (Å²) in [6.45, 7) is 5.31.